The Bertz CT molecular complexity index is 751. The van der Waals surface area contributed by atoms with Gasteiger partial charge < -0.3 is 9.64 Å². The van der Waals surface area contributed by atoms with Gasteiger partial charge in [-0.3, -0.25) is 4.72 Å². The van der Waals surface area contributed by atoms with Crippen LogP contribution in [0, 0.1) is 0 Å². The molecule has 0 unspecified atom stereocenters. The molecule has 6 nitrogen and oxygen atoms in total. The van der Waals surface area contributed by atoms with Crippen molar-refractivity contribution in [3.8, 4) is 0 Å². The Labute approximate surface area is 140 Å². The maximum atomic E-state index is 12.3. The van der Waals surface area contributed by atoms with Crippen LogP contribution in [0.25, 0.3) is 0 Å². The molecule has 8 heteroatoms. The van der Waals surface area contributed by atoms with E-state index in [-0.39, 0.29) is 0 Å². The van der Waals surface area contributed by atoms with Crippen molar-refractivity contribution in [2.24, 2.45) is 0 Å². The van der Waals surface area contributed by atoms with Gasteiger partial charge in [0.2, 0.25) is 0 Å². The van der Waals surface area contributed by atoms with Crippen LogP contribution in [0.5, 0.6) is 0 Å². The number of nitrogens with zero attached hydrogens (tertiary/aromatic N) is 2. The highest BCUT2D eigenvalue weighted by atomic mass is 32.2. The first-order valence-electron chi connectivity index (χ1n) is 7.49. The van der Waals surface area contributed by atoms with Crippen LogP contribution < -0.4 is 9.62 Å². The summed E-state index contributed by atoms with van der Waals surface area (Å²) in [5, 5.41) is 0. The number of anilines is 2. The average molecular weight is 353 g/mol. The van der Waals surface area contributed by atoms with Crippen molar-refractivity contribution in [3.05, 3.63) is 35.3 Å². The fraction of sp³-hybridized carbons (Fsp3) is 0.400. The highest BCUT2D eigenvalue weighted by Gasteiger charge is 2.18. The molecule has 0 amide bonds. The molecule has 0 atom stereocenters. The summed E-state index contributed by atoms with van der Waals surface area (Å²) in [6.07, 6.45) is 2.52. The van der Waals surface area contributed by atoms with Crippen LogP contribution in [0.15, 0.2) is 34.7 Å². The molecule has 124 valence electrons. The van der Waals surface area contributed by atoms with Crippen LogP contribution in [-0.4, -0.2) is 39.7 Å². The molecule has 23 heavy (non-hydrogen) atoms. The zero-order valence-corrected chi connectivity index (χ0v) is 14.5. The molecule has 3 rings (SSSR count). The SMILES string of the molecule is CCc1ccc(S(=O)(=O)Nc2ccc(N3CCOCC3)cn2)s1. The third-order valence-electron chi connectivity index (χ3n) is 3.61. The maximum Gasteiger partial charge on any atom is 0.272 e. The average Bonchev–Trinajstić information content (AvgIpc) is 3.06. The molecule has 1 aliphatic heterocycles. The van der Waals surface area contributed by atoms with Gasteiger partial charge in [-0.1, -0.05) is 6.92 Å². The summed E-state index contributed by atoms with van der Waals surface area (Å²) in [6, 6.07) is 7.04. The molecule has 0 aromatic carbocycles. The lowest BCUT2D eigenvalue weighted by Crippen LogP contribution is -2.36. The van der Waals surface area contributed by atoms with Gasteiger partial charge in [0.1, 0.15) is 10.0 Å². The zero-order valence-electron chi connectivity index (χ0n) is 12.9. The van der Waals surface area contributed by atoms with Crippen LogP contribution in [0.1, 0.15) is 11.8 Å². The number of hydrogen-bond donors (Lipinski definition) is 1. The minimum absolute atomic E-state index is 0.313. The third-order valence-corrected chi connectivity index (χ3v) is 6.69. The lowest BCUT2D eigenvalue weighted by molar-refractivity contribution is 0.122. The molecule has 0 aliphatic carbocycles. The van der Waals surface area contributed by atoms with Crippen molar-refractivity contribution in [2.45, 2.75) is 17.6 Å². The quantitative estimate of drug-likeness (QED) is 0.893. The molecule has 2 aromatic heterocycles. The Morgan fingerprint density at radius 2 is 2.04 bits per heavy atom. The summed E-state index contributed by atoms with van der Waals surface area (Å²) in [4.78, 5) is 7.43. The number of pyridine rings is 1. The smallest absolute Gasteiger partial charge is 0.272 e. The number of aromatic nitrogens is 1. The Balaban J connectivity index is 1.72. The predicted molar refractivity (Wildman–Crippen MR) is 91.8 cm³/mol. The van der Waals surface area contributed by atoms with E-state index in [0.717, 1.165) is 30.1 Å². The van der Waals surface area contributed by atoms with Gasteiger partial charge in [-0.15, -0.1) is 11.3 Å². The second-order valence-electron chi connectivity index (χ2n) is 5.18. The number of morpholine rings is 1. The van der Waals surface area contributed by atoms with Gasteiger partial charge in [0.25, 0.3) is 10.0 Å². The molecule has 3 heterocycles. The predicted octanol–water partition coefficient (Wildman–Crippen LogP) is 2.34. The highest BCUT2D eigenvalue weighted by Crippen LogP contribution is 2.24. The van der Waals surface area contributed by atoms with E-state index in [1.165, 1.54) is 11.3 Å². The summed E-state index contributed by atoms with van der Waals surface area (Å²) in [5.74, 6) is 0.327. The minimum atomic E-state index is -3.57. The van der Waals surface area contributed by atoms with Crippen LogP contribution in [0.4, 0.5) is 11.5 Å². The normalized spacial score (nSPS) is 15.6. The van der Waals surface area contributed by atoms with E-state index >= 15 is 0 Å². The molecule has 2 aromatic rings. The summed E-state index contributed by atoms with van der Waals surface area (Å²) >= 11 is 1.28. The Morgan fingerprint density at radius 1 is 1.26 bits per heavy atom. The fourth-order valence-electron chi connectivity index (χ4n) is 2.34. The maximum absolute atomic E-state index is 12.3. The Morgan fingerprint density at radius 3 is 2.65 bits per heavy atom. The molecular formula is C15H19N3O3S2. The number of hydrogen-bond acceptors (Lipinski definition) is 6. The molecule has 1 saturated heterocycles. The van der Waals surface area contributed by atoms with Crippen molar-refractivity contribution < 1.29 is 13.2 Å². The summed E-state index contributed by atoms with van der Waals surface area (Å²) in [7, 11) is -3.57. The minimum Gasteiger partial charge on any atom is -0.378 e. The second kappa shape index (κ2) is 6.86. The van der Waals surface area contributed by atoms with Gasteiger partial charge >= 0.3 is 0 Å². The van der Waals surface area contributed by atoms with Crippen LogP contribution in [-0.2, 0) is 21.2 Å². The van der Waals surface area contributed by atoms with E-state index < -0.39 is 10.0 Å². The Hall–Kier alpha value is -1.64. The number of sulfonamides is 1. The molecule has 1 N–H and O–H groups in total. The van der Waals surface area contributed by atoms with Gasteiger partial charge in [-0.25, -0.2) is 13.4 Å². The van der Waals surface area contributed by atoms with E-state index in [1.807, 2.05) is 19.1 Å². The molecule has 0 spiro atoms. The largest absolute Gasteiger partial charge is 0.378 e. The zero-order chi connectivity index (χ0) is 16.3. The van der Waals surface area contributed by atoms with Crippen LogP contribution >= 0.6 is 11.3 Å². The van der Waals surface area contributed by atoms with E-state index in [1.54, 1.807) is 18.3 Å². The lowest BCUT2D eigenvalue weighted by Gasteiger charge is -2.28. The number of ether oxygens (including phenoxy) is 1. The molecule has 0 radical (unpaired) electrons. The van der Waals surface area contributed by atoms with Gasteiger partial charge in [-0.2, -0.15) is 0 Å². The van der Waals surface area contributed by atoms with E-state index in [0.29, 0.717) is 23.2 Å². The second-order valence-corrected chi connectivity index (χ2v) is 8.26. The molecule has 0 saturated carbocycles. The van der Waals surface area contributed by atoms with E-state index in [9.17, 15) is 8.42 Å². The van der Waals surface area contributed by atoms with Gasteiger partial charge in [-0.05, 0) is 30.7 Å². The number of aryl methyl sites for hydroxylation is 1. The topological polar surface area (TPSA) is 71.5 Å². The van der Waals surface area contributed by atoms with E-state index in [4.69, 9.17) is 4.74 Å². The van der Waals surface area contributed by atoms with Crippen LogP contribution in [0.3, 0.4) is 0 Å². The van der Waals surface area contributed by atoms with Crippen molar-refractivity contribution in [1.29, 1.82) is 0 Å². The summed E-state index contributed by atoms with van der Waals surface area (Å²) in [5.41, 5.74) is 0.973. The van der Waals surface area contributed by atoms with E-state index in [2.05, 4.69) is 14.6 Å². The molecular weight excluding hydrogens is 334 g/mol. The number of nitrogens with one attached hydrogen (secondary N) is 1. The molecule has 1 aliphatic rings. The van der Waals surface area contributed by atoms with Gasteiger partial charge in [0.05, 0.1) is 25.1 Å². The summed E-state index contributed by atoms with van der Waals surface area (Å²) in [6.45, 7) is 5.05. The lowest BCUT2D eigenvalue weighted by atomic mass is 10.3. The number of thiophene rings is 1. The first kappa shape index (κ1) is 16.2. The van der Waals surface area contributed by atoms with Crippen molar-refractivity contribution >= 4 is 32.9 Å². The van der Waals surface area contributed by atoms with Crippen molar-refractivity contribution in [3.63, 3.8) is 0 Å². The monoisotopic (exact) mass is 353 g/mol. The first-order chi connectivity index (χ1) is 11.1. The third kappa shape index (κ3) is 3.82. The van der Waals surface area contributed by atoms with Gasteiger partial charge in [0.15, 0.2) is 0 Å². The van der Waals surface area contributed by atoms with Crippen molar-refractivity contribution in [2.75, 3.05) is 35.9 Å². The fourth-order valence-corrected chi connectivity index (χ4v) is 4.64. The Kier molecular flexibility index (Phi) is 4.84. The van der Waals surface area contributed by atoms with Crippen LogP contribution in [0.2, 0.25) is 0 Å². The highest BCUT2D eigenvalue weighted by molar-refractivity contribution is 7.94. The molecule has 0 bridgehead atoms. The number of rotatable bonds is 5. The summed E-state index contributed by atoms with van der Waals surface area (Å²) < 4.78 is 32.9. The molecule has 1 fully saturated rings. The standard InChI is InChI=1S/C15H19N3O3S2/c1-2-13-4-6-15(22-13)23(19,20)17-14-5-3-12(11-16-14)18-7-9-21-10-8-18/h3-6,11H,2,7-10H2,1H3,(H,16,17). The van der Waals surface area contributed by atoms with Crippen molar-refractivity contribution in [1.82, 2.24) is 4.98 Å². The first-order valence-corrected chi connectivity index (χ1v) is 9.79. The van der Waals surface area contributed by atoms with Gasteiger partial charge in [0, 0.05) is 18.0 Å².